The van der Waals surface area contributed by atoms with E-state index in [0.717, 1.165) is 30.3 Å². The third-order valence-corrected chi connectivity index (χ3v) is 7.45. The lowest BCUT2D eigenvalue weighted by Crippen LogP contribution is -2.06. The van der Waals surface area contributed by atoms with E-state index in [9.17, 15) is 38.9 Å². The Balaban J connectivity index is 2.40. The molecule has 3 aromatic carbocycles. The van der Waals surface area contributed by atoms with Gasteiger partial charge >= 0.3 is 0 Å². The largest absolute Gasteiger partial charge is 0.295 e. The average molecular weight is 519 g/mol. The molecule has 0 unspecified atom stereocenters. The summed E-state index contributed by atoms with van der Waals surface area (Å²) in [5.74, 6) is 0. The average Bonchev–Trinajstić information content (AvgIpc) is 2.65. The lowest BCUT2D eigenvalue weighted by molar-refractivity contribution is 0.480. The molecular formula is C19H15ClO9S3. The number of hydrogen-bond acceptors (Lipinski definition) is 6. The van der Waals surface area contributed by atoms with Crippen molar-refractivity contribution in [3.63, 3.8) is 0 Å². The third-order valence-electron chi connectivity index (χ3n) is 4.56. The van der Waals surface area contributed by atoms with Crippen molar-refractivity contribution in [2.45, 2.75) is 21.6 Å². The smallest absolute Gasteiger partial charge is 0.282 e. The molecule has 0 saturated heterocycles. The van der Waals surface area contributed by atoms with Crippen LogP contribution in [0.2, 0.25) is 5.02 Å². The van der Waals surface area contributed by atoms with Gasteiger partial charge in [0.05, 0.1) is 4.90 Å². The highest BCUT2D eigenvalue weighted by Gasteiger charge is 2.25. The number of benzene rings is 3. The second kappa shape index (κ2) is 8.23. The molecule has 32 heavy (non-hydrogen) atoms. The van der Waals surface area contributed by atoms with Crippen molar-refractivity contribution in [1.82, 2.24) is 0 Å². The van der Waals surface area contributed by atoms with Gasteiger partial charge < -0.3 is 0 Å². The van der Waals surface area contributed by atoms with Gasteiger partial charge in [-0.05, 0) is 66.1 Å². The van der Waals surface area contributed by atoms with E-state index in [-0.39, 0.29) is 27.3 Å². The molecular weight excluding hydrogens is 504 g/mol. The van der Waals surface area contributed by atoms with Crippen LogP contribution in [0.25, 0.3) is 22.3 Å². The molecule has 0 atom stereocenters. The Morgan fingerprint density at radius 1 is 0.656 bits per heavy atom. The topological polar surface area (TPSA) is 163 Å². The molecule has 13 heteroatoms. The van der Waals surface area contributed by atoms with Crippen LogP contribution in [-0.2, 0) is 30.4 Å². The van der Waals surface area contributed by atoms with Crippen molar-refractivity contribution in [3.8, 4) is 22.3 Å². The summed E-state index contributed by atoms with van der Waals surface area (Å²) >= 11 is 5.94. The molecule has 0 heterocycles. The van der Waals surface area contributed by atoms with E-state index < -0.39 is 45.0 Å². The molecule has 3 rings (SSSR count). The molecule has 170 valence electrons. The molecule has 3 aromatic rings. The zero-order chi connectivity index (χ0) is 24.1. The molecule has 0 aliphatic rings. The summed E-state index contributed by atoms with van der Waals surface area (Å²) in [5.41, 5.74) is 0.224. The molecule has 0 aromatic heterocycles. The van der Waals surface area contributed by atoms with Crippen LogP contribution in [0, 0.1) is 6.92 Å². The summed E-state index contributed by atoms with van der Waals surface area (Å²) in [4.78, 5) is -1.77. The van der Waals surface area contributed by atoms with E-state index in [1.54, 1.807) is 0 Å². The lowest BCUT2D eigenvalue weighted by atomic mass is 9.95. The van der Waals surface area contributed by atoms with Crippen LogP contribution in [0.1, 0.15) is 5.56 Å². The van der Waals surface area contributed by atoms with Gasteiger partial charge in [0.1, 0.15) is 9.79 Å². The third kappa shape index (κ3) is 5.02. The van der Waals surface area contributed by atoms with Crippen molar-refractivity contribution in [2.75, 3.05) is 0 Å². The Morgan fingerprint density at radius 2 is 1.25 bits per heavy atom. The molecule has 0 fully saturated rings. The predicted octanol–water partition coefficient (Wildman–Crippen LogP) is 3.72. The van der Waals surface area contributed by atoms with Crippen molar-refractivity contribution < 1.29 is 38.9 Å². The van der Waals surface area contributed by atoms with E-state index >= 15 is 0 Å². The highest BCUT2D eigenvalue weighted by atomic mass is 35.5. The van der Waals surface area contributed by atoms with Crippen molar-refractivity contribution >= 4 is 42.0 Å². The fourth-order valence-corrected chi connectivity index (χ4v) is 5.28. The lowest BCUT2D eigenvalue weighted by Gasteiger charge is -2.16. The zero-order valence-electron chi connectivity index (χ0n) is 16.1. The Kier molecular flexibility index (Phi) is 6.25. The minimum Gasteiger partial charge on any atom is -0.282 e. The monoisotopic (exact) mass is 518 g/mol. The van der Waals surface area contributed by atoms with Crippen LogP contribution >= 0.6 is 11.6 Å². The van der Waals surface area contributed by atoms with E-state index in [0.29, 0.717) is 5.56 Å². The van der Waals surface area contributed by atoms with E-state index in [1.165, 1.54) is 31.2 Å². The van der Waals surface area contributed by atoms with Crippen molar-refractivity contribution in [3.05, 3.63) is 65.2 Å². The highest BCUT2D eigenvalue weighted by molar-refractivity contribution is 7.86. The van der Waals surface area contributed by atoms with Crippen LogP contribution in [0.15, 0.2) is 69.3 Å². The van der Waals surface area contributed by atoms with Gasteiger partial charge in [0, 0.05) is 16.1 Å². The molecule has 0 amide bonds. The highest BCUT2D eigenvalue weighted by Crippen LogP contribution is 2.38. The first-order valence-corrected chi connectivity index (χ1v) is 13.3. The van der Waals surface area contributed by atoms with Gasteiger partial charge in [-0.15, -0.1) is 0 Å². The molecule has 0 saturated carbocycles. The quantitative estimate of drug-likeness (QED) is 0.427. The maximum absolute atomic E-state index is 12.2. The zero-order valence-corrected chi connectivity index (χ0v) is 19.3. The van der Waals surface area contributed by atoms with Crippen LogP contribution in [0.5, 0.6) is 0 Å². The molecule has 0 radical (unpaired) electrons. The maximum Gasteiger partial charge on any atom is 0.295 e. The normalized spacial score (nSPS) is 12.7. The second-order valence-electron chi connectivity index (χ2n) is 6.76. The van der Waals surface area contributed by atoms with E-state index in [2.05, 4.69) is 0 Å². The first-order chi connectivity index (χ1) is 14.6. The number of halogens is 1. The Hall–Kier alpha value is -2.32. The van der Waals surface area contributed by atoms with Gasteiger partial charge in [-0.2, -0.15) is 25.3 Å². The fraction of sp³-hybridized carbons (Fsp3) is 0.0526. The van der Waals surface area contributed by atoms with Gasteiger partial charge in [-0.1, -0.05) is 23.7 Å². The first kappa shape index (κ1) is 24.3. The van der Waals surface area contributed by atoms with Crippen LogP contribution < -0.4 is 0 Å². The molecule has 3 N–H and O–H groups in total. The van der Waals surface area contributed by atoms with Crippen molar-refractivity contribution in [1.29, 1.82) is 0 Å². The summed E-state index contributed by atoms with van der Waals surface area (Å²) in [5, 5.41) is 0.0382. The SMILES string of the molecule is Cc1cc(-c2cc(Cl)ccc2S(=O)(=O)O)c(S(=O)(=O)O)cc1-c1cccc(S(=O)(=O)O)c1. The summed E-state index contributed by atoms with van der Waals surface area (Å²) in [6.07, 6.45) is 0. The van der Waals surface area contributed by atoms with Gasteiger partial charge in [-0.25, -0.2) is 0 Å². The Morgan fingerprint density at radius 3 is 1.81 bits per heavy atom. The molecule has 0 aliphatic carbocycles. The first-order valence-electron chi connectivity index (χ1n) is 8.56. The Labute approximate surface area is 189 Å². The van der Waals surface area contributed by atoms with Crippen LogP contribution in [-0.4, -0.2) is 38.9 Å². The summed E-state index contributed by atoms with van der Waals surface area (Å²) in [6.45, 7) is 1.53. The summed E-state index contributed by atoms with van der Waals surface area (Å²) in [6, 6.07) is 10.6. The van der Waals surface area contributed by atoms with Crippen molar-refractivity contribution in [2.24, 2.45) is 0 Å². The molecule has 0 aliphatic heterocycles. The van der Waals surface area contributed by atoms with Gasteiger partial charge in [0.15, 0.2) is 0 Å². The summed E-state index contributed by atoms with van der Waals surface area (Å²) < 4.78 is 99.6. The van der Waals surface area contributed by atoms with Crippen LogP contribution in [0.3, 0.4) is 0 Å². The van der Waals surface area contributed by atoms with Gasteiger partial charge in [-0.3, -0.25) is 13.7 Å². The Bertz CT molecular complexity index is 1560. The number of aryl methyl sites for hydroxylation is 1. The minimum atomic E-state index is -4.93. The van der Waals surface area contributed by atoms with E-state index in [4.69, 9.17) is 11.6 Å². The molecule has 0 bridgehead atoms. The molecule has 0 spiro atoms. The second-order valence-corrected chi connectivity index (χ2v) is 11.4. The maximum atomic E-state index is 12.2. The standard InChI is InChI=1S/C19H15ClO9S3/c1-11-7-16(17-9-13(20)5-6-18(17)31(24,25)26)19(32(27,28)29)10-15(11)12-3-2-4-14(8-12)30(21,22)23/h2-10H,1H3,(H,21,22,23)(H,24,25,26)(H,27,28,29). The fourth-order valence-electron chi connectivity index (χ4n) is 3.18. The number of rotatable bonds is 5. The van der Waals surface area contributed by atoms with E-state index in [1.807, 2.05) is 0 Å². The predicted molar refractivity (Wildman–Crippen MR) is 117 cm³/mol. The van der Waals surface area contributed by atoms with Gasteiger partial charge in [0.25, 0.3) is 30.4 Å². The summed E-state index contributed by atoms with van der Waals surface area (Å²) in [7, 11) is -14.3. The number of hydrogen-bond donors (Lipinski definition) is 3. The van der Waals surface area contributed by atoms with Crippen LogP contribution in [0.4, 0.5) is 0 Å². The van der Waals surface area contributed by atoms with Gasteiger partial charge in [0.2, 0.25) is 0 Å². The molecule has 9 nitrogen and oxygen atoms in total. The minimum absolute atomic E-state index is 0.0382.